The molecule has 256 valence electrons. The minimum Gasteiger partial charge on any atom is -0.309 e. The number of aromatic nitrogens is 3. The molecular formula is C52H33N3. The van der Waals surface area contributed by atoms with Crippen molar-refractivity contribution in [2.24, 2.45) is 0 Å². The highest BCUT2D eigenvalue weighted by Crippen LogP contribution is 2.51. The van der Waals surface area contributed by atoms with Gasteiger partial charge in [-0.15, -0.1) is 0 Å². The van der Waals surface area contributed by atoms with Crippen LogP contribution in [0.15, 0.2) is 182 Å². The monoisotopic (exact) mass is 699 g/mol. The van der Waals surface area contributed by atoms with Crippen LogP contribution in [0.3, 0.4) is 0 Å². The van der Waals surface area contributed by atoms with Gasteiger partial charge in [-0.25, -0.2) is 9.97 Å². The molecule has 1 aliphatic carbocycles. The normalized spacial score (nSPS) is 13.9. The first-order valence-corrected chi connectivity index (χ1v) is 19.1. The Kier molecular flexibility index (Phi) is 6.46. The van der Waals surface area contributed by atoms with E-state index in [9.17, 15) is 0 Å². The summed E-state index contributed by atoms with van der Waals surface area (Å²) in [5, 5.41) is 11.2. The summed E-state index contributed by atoms with van der Waals surface area (Å²) < 4.78 is 2.37. The Balaban J connectivity index is 1.12. The summed E-state index contributed by atoms with van der Waals surface area (Å²) in [5.41, 5.74) is 11.9. The Hall–Kier alpha value is -7.10. The minimum atomic E-state index is -0.0382. The van der Waals surface area contributed by atoms with Crippen LogP contribution in [-0.4, -0.2) is 14.5 Å². The van der Waals surface area contributed by atoms with Crippen molar-refractivity contribution >= 4 is 65.0 Å². The minimum absolute atomic E-state index is 0.0382. The number of nitrogens with zero attached hydrogens (tertiary/aromatic N) is 3. The van der Waals surface area contributed by atoms with E-state index < -0.39 is 0 Å². The van der Waals surface area contributed by atoms with Gasteiger partial charge in [-0.3, -0.25) is 0 Å². The second kappa shape index (κ2) is 11.7. The molecule has 0 spiro atoms. The molecule has 2 heterocycles. The van der Waals surface area contributed by atoms with E-state index in [2.05, 4.69) is 187 Å². The third kappa shape index (κ3) is 4.44. The van der Waals surface area contributed by atoms with E-state index in [0.29, 0.717) is 0 Å². The van der Waals surface area contributed by atoms with E-state index >= 15 is 0 Å². The number of hydrogen-bond acceptors (Lipinski definition) is 2. The van der Waals surface area contributed by atoms with Gasteiger partial charge in [-0.1, -0.05) is 146 Å². The second-order valence-electron chi connectivity index (χ2n) is 14.8. The maximum atomic E-state index is 5.62. The Morgan fingerprint density at radius 3 is 1.91 bits per heavy atom. The van der Waals surface area contributed by atoms with Crippen molar-refractivity contribution in [1.82, 2.24) is 14.5 Å². The molecule has 3 nitrogen and oxygen atoms in total. The van der Waals surface area contributed by atoms with Crippen LogP contribution in [0, 0.1) is 0 Å². The molecule has 0 saturated carbocycles. The van der Waals surface area contributed by atoms with E-state index in [-0.39, 0.29) is 5.92 Å². The summed E-state index contributed by atoms with van der Waals surface area (Å²) in [6.45, 7) is 0. The molecule has 2 aromatic heterocycles. The summed E-state index contributed by atoms with van der Waals surface area (Å²) in [7, 11) is 0. The van der Waals surface area contributed by atoms with Crippen LogP contribution in [0.25, 0.3) is 93.1 Å². The number of hydrogen-bond donors (Lipinski definition) is 0. The third-order valence-electron chi connectivity index (χ3n) is 11.9. The Bertz CT molecular complexity index is 3360. The van der Waals surface area contributed by atoms with E-state index in [4.69, 9.17) is 9.97 Å². The summed E-state index contributed by atoms with van der Waals surface area (Å²) in [4.78, 5) is 11.0. The molecule has 0 amide bonds. The summed E-state index contributed by atoms with van der Waals surface area (Å²) in [6, 6.07) is 66.1. The largest absolute Gasteiger partial charge is 0.309 e. The fourth-order valence-electron chi connectivity index (χ4n) is 9.56. The first-order chi connectivity index (χ1) is 27.3. The molecule has 0 bridgehead atoms. The molecule has 0 radical (unpaired) electrons. The lowest BCUT2D eigenvalue weighted by molar-refractivity contribution is 0.742. The van der Waals surface area contributed by atoms with Crippen molar-refractivity contribution in [2.45, 2.75) is 12.3 Å². The van der Waals surface area contributed by atoms with E-state index in [0.717, 1.165) is 40.1 Å². The van der Waals surface area contributed by atoms with Gasteiger partial charge in [0.25, 0.3) is 0 Å². The number of fused-ring (bicyclic) bond motifs is 14. The number of rotatable bonds is 3. The van der Waals surface area contributed by atoms with Crippen molar-refractivity contribution in [3.8, 4) is 28.1 Å². The van der Waals surface area contributed by atoms with E-state index in [1.165, 1.54) is 76.4 Å². The Morgan fingerprint density at radius 1 is 0.436 bits per heavy atom. The molecule has 0 saturated heterocycles. The van der Waals surface area contributed by atoms with E-state index in [1.54, 1.807) is 0 Å². The molecule has 1 unspecified atom stereocenters. The quantitative estimate of drug-likeness (QED) is 0.172. The average molecular weight is 700 g/mol. The number of benzene rings is 9. The molecule has 0 aliphatic heterocycles. The lowest BCUT2D eigenvalue weighted by atomic mass is 9.73. The lowest BCUT2D eigenvalue weighted by Gasteiger charge is -2.31. The van der Waals surface area contributed by atoms with Gasteiger partial charge >= 0.3 is 0 Å². The average Bonchev–Trinajstić information content (AvgIpc) is 3.59. The van der Waals surface area contributed by atoms with Gasteiger partial charge in [0, 0.05) is 33.3 Å². The highest BCUT2D eigenvalue weighted by molar-refractivity contribution is 6.19. The lowest BCUT2D eigenvalue weighted by Crippen LogP contribution is -2.17. The first kappa shape index (κ1) is 30.4. The molecule has 1 aliphatic rings. The zero-order valence-corrected chi connectivity index (χ0v) is 29.9. The van der Waals surface area contributed by atoms with Gasteiger partial charge in [0.1, 0.15) is 5.82 Å². The SMILES string of the molecule is c1ccc(-n2c3ccccc3c3cc(-c4nc(C5Cc6c(c7ccccc7c7ccccc67)-c6c5ccc5ccccc65)nc5ccccc45)ccc32)cc1. The van der Waals surface area contributed by atoms with Crippen molar-refractivity contribution < 1.29 is 0 Å². The molecule has 3 heteroatoms. The zero-order chi connectivity index (χ0) is 36.0. The van der Waals surface area contributed by atoms with Gasteiger partial charge in [0.2, 0.25) is 0 Å². The van der Waals surface area contributed by atoms with E-state index in [1.807, 2.05) is 0 Å². The van der Waals surface area contributed by atoms with Crippen LogP contribution in [0.4, 0.5) is 0 Å². The topological polar surface area (TPSA) is 30.7 Å². The fraction of sp³-hybridized carbons (Fsp3) is 0.0385. The van der Waals surface area contributed by atoms with Gasteiger partial charge in [-0.05, 0) is 97.4 Å². The van der Waals surface area contributed by atoms with Crippen LogP contribution in [0.2, 0.25) is 0 Å². The fourth-order valence-corrected chi connectivity index (χ4v) is 9.56. The van der Waals surface area contributed by atoms with Crippen molar-refractivity contribution in [3.63, 3.8) is 0 Å². The number of para-hydroxylation sites is 3. The highest BCUT2D eigenvalue weighted by Gasteiger charge is 2.33. The predicted molar refractivity (Wildman–Crippen MR) is 229 cm³/mol. The standard InChI is InChI=1S/C52H33N3/c1-2-15-34(16-3-1)55-47-25-13-11-21-39(47)43-30-33(27-29-48(43)55)51-42-23-10-12-24-46(42)53-52(54-51)45-31-44-38-20-7-6-18-36(38)37-19-8-9-22-40(37)50(44)49-35-17-5-4-14-32(35)26-28-41(45)49/h1-30,45H,31H2. The van der Waals surface area contributed by atoms with Crippen molar-refractivity contribution in [2.75, 3.05) is 0 Å². The van der Waals surface area contributed by atoms with Crippen LogP contribution >= 0.6 is 0 Å². The molecular weight excluding hydrogens is 667 g/mol. The highest BCUT2D eigenvalue weighted by atomic mass is 15.0. The Morgan fingerprint density at radius 2 is 1.07 bits per heavy atom. The van der Waals surface area contributed by atoms with Crippen LogP contribution in [0.1, 0.15) is 22.9 Å². The molecule has 11 aromatic rings. The van der Waals surface area contributed by atoms with Gasteiger partial charge in [0.05, 0.1) is 22.2 Å². The maximum absolute atomic E-state index is 5.62. The van der Waals surface area contributed by atoms with Gasteiger partial charge in [0.15, 0.2) is 0 Å². The zero-order valence-electron chi connectivity index (χ0n) is 29.9. The van der Waals surface area contributed by atoms with Crippen LogP contribution < -0.4 is 0 Å². The van der Waals surface area contributed by atoms with Crippen LogP contribution in [-0.2, 0) is 6.42 Å². The molecule has 0 fully saturated rings. The maximum Gasteiger partial charge on any atom is 0.137 e. The molecule has 0 N–H and O–H groups in total. The van der Waals surface area contributed by atoms with Crippen LogP contribution in [0.5, 0.6) is 0 Å². The smallest absolute Gasteiger partial charge is 0.137 e. The summed E-state index contributed by atoms with van der Waals surface area (Å²) in [5.74, 6) is 0.823. The molecule has 1 atom stereocenters. The predicted octanol–water partition coefficient (Wildman–Crippen LogP) is 13.2. The second-order valence-corrected chi connectivity index (χ2v) is 14.8. The molecule has 55 heavy (non-hydrogen) atoms. The Labute approximate surface area is 317 Å². The molecule has 12 rings (SSSR count). The summed E-state index contributed by atoms with van der Waals surface area (Å²) >= 11 is 0. The first-order valence-electron chi connectivity index (χ1n) is 19.1. The van der Waals surface area contributed by atoms with Gasteiger partial charge in [-0.2, -0.15) is 0 Å². The van der Waals surface area contributed by atoms with Gasteiger partial charge < -0.3 is 4.57 Å². The third-order valence-corrected chi connectivity index (χ3v) is 11.9. The van der Waals surface area contributed by atoms with Crippen molar-refractivity contribution in [3.05, 3.63) is 199 Å². The van der Waals surface area contributed by atoms with Crippen molar-refractivity contribution in [1.29, 1.82) is 0 Å². The molecule has 9 aromatic carbocycles. The summed E-state index contributed by atoms with van der Waals surface area (Å²) in [6.07, 6.45) is 0.813.